The van der Waals surface area contributed by atoms with Crippen LogP contribution in [0.4, 0.5) is 11.6 Å². The van der Waals surface area contributed by atoms with E-state index in [2.05, 4.69) is 30.9 Å². The molecule has 3 heterocycles. The highest BCUT2D eigenvalue weighted by Crippen LogP contribution is 2.29. The Morgan fingerprint density at radius 2 is 1.73 bits per heavy atom. The quantitative estimate of drug-likeness (QED) is 0.408. The third kappa shape index (κ3) is 4.08. The molecule has 0 aliphatic heterocycles. The van der Waals surface area contributed by atoms with Crippen LogP contribution in [0, 0.1) is 0 Å². The van der Waals surface area contributed by atoms with Crippen LogP contribution >= 0.6 is 0 Å². The molecule has 4 rings (SSSR count). The van der Waals surface area contributed by atoms with Crippen molar-refractivity contribution in [2.45, 2.75) is 19.4 Å². The standard InChI is InChI=1S/C22H25N7O/c1-22(2,30)15-8-9-19(25-14-15)23-12-13-24-21-17-7-5-4-6-16(17)20(27-28-21)18-10-11-26-29(18)3/h4-11,14,30H,12-13H2,1-3H3,(H,23,25)(H,24,28). The van der Waals surface area contributed by atoms with E-state index in [1.54, 1.807) is 30.9 Å². The SMILES string of the molecule is Cn1nccc1-c1nnc(NCCNc2ccc(C(C)(C)O)cn2)c2ccccc12. The van der Waals surface area contributed by atoms with Gasteiger partial charge in [-0.25, -0.2) is 4.98 Å². The van der Waals surface area contributed by atoms with E-state index in [1.807, 2.05) is 49.5 Å². The van der Waals surface area contributed by atoms with E-state index in [-0.39, 0.29) is 0 Å². The minimum Gasteiger partial charge on any atom is -0.386 e. The van der Waals surface area contributed by atoms with E-state index in [9.17, 15) is 5.11 Å². The average Bonchev–Trinajstić information content (AvgIpc) is 3.16. The maximum absolute atomic E-state index is 10.0. The summed E-state index contributed by atoms with van der Waals surface area (Å²) in [6.45, 7) is 4.80. The molecule has 4 aromatic rings. The lowest BCUT2D eigenvalue weighted by molar-refractivity contribution is 0.0782. The Kier molecular flexibility index (Phi) is 5.33. The maximum Gasteiger partial charge on any atom is 0.156 e. The summed E-state index contributed by atoms with van der Waals surface area (Å²) in [4.78, 5) is 4.35. The fourth-order valence-electron chi connectivity index (χ4n) is 3.26. The molecule has 0 radical (unpaired) electrons. The van der Waals surface area contributed by atoms with Crippen molar-refractivity contribution in [1.29, 1.82) is 0 Å². The molecule has 1 aromatic carbocycles. The first-order valence-corrected chi connectivity index (χ1v) is 9.84. The highest BCUT2D eigenvalue weighted by molar-refractivity contribution is 5.99. The molecule has 0 amide bonds. The fraction of sp³-hybridized carbons (Fsp3) is 0.273. The topological polar surface area (TPSA) is 101 Å². The molecule has 0 fully saturated rings. The Labute approximate surface area is 175 Å². The van der Waals surface area contributed by atoms with Gasteiger partial charge in [-0.15, -0.1) is 10.2 Å². The summed E-state index contributed by atoms with van der Waals surface area (Å²) in [6, 6.07) is 13.8. The highest BCUT2D eigenvalue weighted by Gasteiger charge is 2.16. The molecule has 154 valence electrons. The second-order valence-corrected chi connectivity index (χ2v) is 7.63. The number of nitrogens with one attached hydrogen (secondary N) is 2. The number of rotatable bonds is 7. The summed E-state index contributed by atoms with van der Waals surface area (Å²) in [5, 5.41) is 31.8. The van der Waals surface area contributed by atoms with Crippen LogP contribution in [0.1, 0.15) is 19.4 Å². The van der Waals surface area contributed by atoms with Crippen LogP contribution in [0.2, 0.25) is 0 Å². The van der Waals surface area contributed by atoms with Gasteiger partial charge in [-0.05, 0) is 26.0 Å². The van der Waals surface area contributed by atoms with Gasteiger partial charge < -0.3 is 15.7 Å². The monoisotopic (exact) mass is 403 g/mol. The minimum atomic E-state index is -0.894. The number of pyridine rings is 1. The molecular formula is C22H25N7O. The number of aryl methyl sites for hydroxylation is 1. The Hall–Kier alpha value is -3.52. The van der Waals surface area contributed by atoms with Gasteiger partial charge in [0.05, 0.1) is 11.3 Å². The summed E-state index contributed by atoms with van der Waals surface area (Å²) in [6.07, 6.45) is 3.44. The number of fused-ring (bicyclic) bond motifs is 1. The molecule has 0 unspecified atom stereocenters. The van der Waals surface area contributed by atoms with Crippen molar-refractivity contribution in [3.63, 3.8) is 0 Å². The molecule has 30 heavy (non-hydrogen) atoms. The molecule has 0 aliphatic rings. The largest absolute Gasteiger partial charge is 0.386 e. The van der Waals surface area contributed by atoms with E-state index in [0.29, 0.717) is 13.1 Å². The van der Waals surface area contributed by atoms with E-state index in [0.717, 1.165) is 39.4 Å². The van der Waals surface area contributed by atoms with Crippen molar-refractivity contribution in [2.75, 3.05) is 23.7 Å². The van der Waals surface area contributed by atoms with Crippen molar-refractivity contribution in [3.8, 4) is 11.4 Å². The zero-order chi connectivity index (χ0) is 21.1. The van der Waals surface area contributed by atoms with Crippen LogP contribution in [0.5, 0.6) is 0 Å². The number of benzene rings is 1. The molecule has 8 nitrogen and oxygen atoms in total. The first-order chi connectivity index (χ1) is 14.4. The summed E-state index contributed by atoms with van der Waals surface area (Å²) >= 11 is 0. The summed E-state index contributed by atoms with van der Waals surface area (Å²) in [5.74, 6) is 1.50. The van der Waals surface area contributed by atoms with E-state index in [1.165, 1.54) is 0 Å². The first-order valence-electron chi connectivity index (χ1n) is 9.84. The van der Waals surface area contributed by atoms with Crippen LogP contribution in [0.3, 0.4) is 0 Å². The molecule has 0 spiro atoms. The zero-order valence-electron chi connectivity index (χ0n) is 17.3. The Bertz CT molecular complexity index is 1150. The van der Waals surface area contributed by atoms with E-state index >= 15 is 0 Å². The number of aliphatic hydroxyl groups is 1. The first kappa shape index (κ1) is 19.8. The Morgan fingerprint density at radius 3 is 2.40 bits per heavy atom. The van der Waals surface area contributed by atoms with Crippen LogP contribution in [-0.2, 0) is 12.6 Å². The van der Waals surface area contributed by atoms with Gasteiger partial charge in [0.25, 0.3) is 0 Å². The predicted molar refractivity (Wildman–Crippen MR) is 118 cm³/mol. The lowest BCUT2D eigenvalue weighted by Gasteiger charge is -2.17. The number of aromatic nitrogens is 5. The molecule has 3 aromatic heterocycles. The van der Waals surface area contributed by atoms with Crippen molar-refractivity contribution in [1.82, 2.24) is 25.0 Å². The number of anilines is 2. The second kappa shape index (κ2) is 8.08. The lowest BCUT2D eigenvalue weighted by Crippen LogP contribution is -2.17. The van der Waals surface area contributed by atoms with Gasteiger partial charge in [0.15, 0.2) is 5.82 Å². The summed E-state index contributed by atoms with van der Waals surface area (Å²) < 4.78 is 1.80. The highest BCUT2D eigenvalue weighted by atomic mass is 16.3. The van der Waals surface area contributed by atoms with Gasteiger partial charge in [0.1, 0.15) is 11.5 Å². The third-order valence-electron chi connectivity index (χ3n) is 4.94. The smallest absolute Gasteiger partial charge is 0.156 e. The van der Waals surface area contributed by atoms with Gasteiger partial charge in [-0.3, -0.25) is 4.68 Å². The van der Waals surface area contributed by atoms with E-state index < -0.39 is 5.60 Å². The molecular weight excluding hydrogens is 378 g/mol. The molecule has 3 N–H and O–H groups in total. The molecule has 0 saturated carbocycles. The van der Waals surface area contributed by atoms with Gasteiger partial charge in [-0.2, -0.15) is 5.10 Å². The van der Waals surface area contributed by atoms with Crippen molar-refractivity contribution < 1.29 is 5.11 Å². The molecule has 0 aliphatic carbocycles. The zero-order valence-corrected chi connectivity index (χ0v) is 17.3. The lowest BCUT2D eigenvalue weighted by atomic mass is 10.0. The average molecular weight is 403 g/mol. The van der Waals surface area contributed by atoms with Crippen LogP contribution < -0.4 is 10.6 Å². The fourth-order valence-corrected chi connectivity index (χ4v) is 3.26. The van der Waals surface area contributed by atoms with Crippen LogP contribution in [-0.4, -0.2) is 43.2 Å². The number of hydrogen-bond acceptors (Lipinski definition) is 7. The van der Waals surface area contributed by atoms with E-state index in [4.69, 9.17) is 0 Å². The van der Waals surface area contributed by atoms with Gasteiger partial charge in [0.2, 0.25) is 0 Å². The van der Waals surface area contributed by atoms with Crippen LogP contribution in [0.25, 0.3) is 22.2 Å². The van der Waals surface area contributed by atoms with Gasteiger partial charge >= 0.3 is 0 Å². The van der Waals surface area contributed by atoms with Gasteiger partial charge in [0, 0.05) is 48.9 Å². The van der Waals surface area contributed by atoms with Gasteiger partial charge in [-0.1, -0.05) is 30.3 Å². The van der Waals surface area contributed by atoms with Crippen molar-refractivity contribution in [2.24, 2.45) is 7.05 Å². The normalized spacial score (nSPS) is 11.6. The maximum atomic E-state index is 10.0. The Balaban J connectivity index is 1.44. The molecule has 0 saturated heterocycles. The molecule has 0 atom stereocenters. The summed E-state index contributed by atoms with van der Waals surface area (Å²) in [5.41, 5.74) is 1.62. The minimum absolute atomic E-state index is 0.651. The summed E-state index contributed by atoms with van der Waals surface area (Å²) in [7, 11) is 1.89. The van der Waals surface area contributed by atoms with Crippen LogP contribution in [0.15, 0.2) is 54.9 Å². The van der Waals surface area contributed by atoms with Crippen molar-refractivity contribution in [3.05, 3.63) is 60.4 Å². The predicted octanol–water partition coefficient (Wildman–Crippen LogP) is 3.18. The molecule has 0 bridgehead atoms. The number of hydrogen-bond donors (Lipinski definition) is 3. The second-order valence-electron chi connectivity index (χ2n) is 7.63. The molecule has 8 heteroatoms. The Morgan fingerprint density at radius 1 is 0.967 bits per heavy atom. The number of nitrogens with zero attached hydrogens (tertiary/aromatic N) is 5. The van der Waals surface area contributed by atoms with Crippen molar-refractivity contribution >= 4 is 22.4 Å². The third-order valence-corrected chi connectivity index (χ3v) is 4.94.